The number of aryl methyl sites for hydroxylation is 2. The molecule has 0 saturated heterocycles. The standard InChI is InChI=1S/C27H37N3O3S/c1-18-13-19(2)15-21(14-18)33-16-26-29-24(17-34-26)27(32)30-23-10-6-5-9-22(23)28-25(31)12-11-20-7-3-4-8-20/h13-15,17,20,22-23H,3-12,16H2,1-2H3,(H,28,31)(H,30,32)/t22-,23-/m0/s1. The summed E-state index contributed by atoms with van der Waals surface area (Å²) in [5.41, 5.74) is 2.73. The molecule has 2 aromatic rings. The first-order valence-electron chi connectivity index (χ1n) is 12.7. The van der Waals surface area contributed by atoms with Crippen molar-refractivity contribution in [3.8, 4) is 5.75 Å². The number of amides is 2. The van der Waals surface area contributed by atoms with Gasteiger partial charge in [0.25, 0.3) is 5.91 Å². The molecule has 1 aromatic carbocycles. The Labute approximate surface area is 206 Å². The minimum Gasteiger partial charge on any atom is -0.486 e. The maximum atomic E-state index is 12.9. The third-order valence-corrected chi connectivity index (χ3v) is 7.85. The molecular formula is C27H37N3O3S. The lowest BCUT2D eigenvalue weighted by Gasteiger charge is -2.32. The summed E-state index contributed by atoms with van der Waals surface area (Å²) in [4.78, 5) is 29.9. The van der Waals surface area contributed by atoms with Gasteiger partial charge in [0.2, 0.25) is 5.91 Å². The summed E-state index contributed by atoms with van der Waals surface area (Å²) in [6.07, 6.45) is 10.7. The Hall–Kier alpha value is -2.41. The molecule has 2 amide bonds. The third-order valence-electron chi connectivity index (χ3n) is 7.03. The highest BCUT2D eigenvalue weighted by atomic mass is 32.1. The molecule has 2 fully saturated rings. The van der Waals surface area contributed by atoms with Gasteiger partial charge >= 0.3 is 0 Å². The van der Waals surface area contributed by atoms with Gasteiger partial charge < -0.3 is 15.4 Å². The van der Waals surface area contributed by atoms with E-state index in [1.807, 2.05) is 26.0 Å². The van der Waals surface area contributed by atoms with E-state index in [1.54, 1.807) is 5.38 Å². The first kappa shape index (κ1) is 24.7. The molecule has 34 heavy (non-hydrogen) atoms. The van der Waals surface area contributed by atoms with Crippen LogP contribution >= 0.6 is 11.3 Å². The van der Waals surface area contributed by atoms with Crippen LogP contribution in [0.5, 0.6) is 5.75 Å². The van der Waals surface area contributed by atoms with Crippen molar-refractivity contribution in [2.75, 3.05) is 0 Å². The largest absolute Gasteiger partial charge is 0.486 e. The number of hydrogen-bond acceptors (Lipinski definition) is 5. The van der Waals surface area contributed by atoms with E-state index in [0.717, 1.165) is 54.0 Å². The molecular weight excluding hydrogens is 446 g/mol. The van der Waals surface area contributed by atoms with E-state index in [4.69, 9.17) is 4.74 Å². The summed E-state index contributed by atoms with van der Waals surface area (Å²) in [5.74, 6) is 1.47. The van der Waals surface area contributed by atoms with Crippen LogP contribution in [0.3, 0.4) is 0 Å². The molecule has 4 rings (SSSR count). The SMILES string of the molecule is Cc1cc(C)cc(OCc2nc(C(=O)N[C@H]3CCCC[C@@H]3NC(=O)CCC3CCCC3)cs2)c1. The fourth-order valence-corrected chi connectivity index (χ4v) is 5.96. The van der Waals surface area contributed by atoms with Gasteiger partial charge in [0.05, 0.1) is 0 Å². The van der Waals surface area contributed by atoms with Crippen LogP contribution in [0.2, 0.25) is 0 Å². The highest BCUT2D eigenvalue weighted by Gasteiger charge is 2.29. The molecule has 2 aliphatic carbocycles. The summed E-state index contributed by atoms with van der Waals surface area (Å²) >= 11 is 1.43. The molecule has 2 atom stereocenters. The van der Waals surface area contributed by atoms with Crippen molar-refractivity contribution in [1.29, 1.82) is 0 Å². The van der Waals surface area contributed by atoms with Gasteiger partial charge in [-0.15, -0.1) is 11.3 Å². The molecule has 6 nitrogen and oxygen atoms in total. The number of benzene rings is 1. The molecule has 2 N–H and O–H groups in total. The zero-order chi connectivity index (χ0) is 23.9. The van der Waals surface area contributed by atoms with Gasteiger partial charge in [0.15, 0.2) is 0 Å². The normalized spacial score (nSPS) is 20.8. The van der Waals surface area contributed by atoms with Crippen LogP contribution in [0.25, 0.3) is 0 Å². The molecule has 7 heteroatoms. The number of aromatic nitrogens is 1. The van der Waals surface area contributed by atoms with E-state index < -0.39 is 0 Å². The average molecular weight is 484 g/mol. The Morgan fingerprint density at radius 3 is 2.32 bits per heavy atom. The number of nitrogens with one attached hydrogen (secondary N) is 2. The van der Waals surface area contributed by atoms with E-state index in [0.29, 0.717) is 24.6 Å². The molecule has 1 aromatic heterocycles. The van der Waals surface area contributed by atoms with Crippen LogP contribution in [0.15, 0.2) is 23.6 Å². The van der Waals surface area contributed by atoms with Crippen molar-refractivity contribution in [3.05, 3.63) is 45.4 Å². The van der Waals surface area contributed by atoms with Gasteiger partial charge in [-0.1, -0.05) is 44.6 Å². The van der Waals surface area contributed by atoms with Crippen LogP contribution in [0.4, 0.5) is 0 Å². The van der Waals surface area contributed by atoms with Crippen LogP contribution in [-0.4, -0.2) is 28.9 Å². The predicted octanol–water partition coefficient (Wildman–Crippen LogP) is 5.47. The second-order valence-electron chi connectivity index (χ2n) is 9.97. The molecule has 2 aliphatic rings. The second-order valence-corrected chi connectivity index (χ2v) is 10.9. The number of hydrogen-bond donors (Lipinski definition) is 2. The lowest BCUT2D eigenvalue weighted by atomic mass is 9.90. The Kier molecular flexibility index (Phi) is 8.59. The van der Waals surface area contributed by atoms with Crippen LogP contribution in [-0.2, 0) is 11.4 Å². The van der Waals surface area contributed by atoms with Crippen molar-refractivity contribution in [2.24, 2.45) is 5.92 Å². The predicted molar refractivity (Wildman–Crippen MR) is 135 cm³/mol. The molecule has 0 bridgehead atoms. The summed E-state index contributed by atoms with van der Waals surface area (Å²) in [7, 11) is 0. The number of nitrogens with zero attached hydrogens (tertiary/aromatic N) is 1. The van der Waals surface area contributed by atoms with Gasteiger partial charge in [-0.05, 0) is 62.3 Å². The smallest absolute Gasteiger partial charge is 0.271 e. The number of thiazole rings is 1. The molecule has 0 spiro atoms. The van der Waals surface area contributed by atoms with Crippen molar-refractivity contribution < 1.29 is 14.3 Å². The average Bonchev–Trinajstić information content (AvgIpc) is 3.49. The molecule has 184 valence electrons. The highest BCUT2D eigenvalue weighted by molar-refractivity contribution is 7.09. The molecule has 0 unspecified atom stereocenters. The Morgan fingerprint density at radius 2 is 1.62 bits per heavy atom. The maximum absolute atomic E-state index is 12.9. The molecule has 0 aliphatic heterocycles. The van der Waals surface area contributed by atoms with E-state index >= 15 is 0 Å². The first-order valence-corrected chi connectivity index (χ1v) is 13.6. The number of rotatable bonds is 9. The van der Waals surface area contributed by atoms with Crippen LogP contribution < -0.4 is 15.4 Å². The molecule has 2 saturated carbocycles. The summed E-state index contributed by atoms with van der Waals surface area (Å²) < 4.78 is 5.89. The van der Waals surface area contributed by atoms with E-state index in [-0.39, 0.29) is 23.9 Å². The van der Waals surface area contributed by atoms with E-state index in [9.17, 15) is 9.59 Å². The minimum absolute atomic E-state index is 0.000206. The number of carbonyl (C=O) groups is 2. The van der Waals surface area contributed by atoms with Crippen molar-refractivity contribution in [1.82, 2.24) is 15.6 Å². The van der Waals surface area contributed by atoms with Crippen molar-refractivity contribution in [2.45, 2.75) is 96.7 Å². The molecule has 0 radical (unpaired) electrons. The lowest BCUT2D eigenvalue weighted by Crippen LogP contribution is -2.53. The van der Waals surface area contributed by atoms with Crippen LogP contribution in [0, 0.1) is 19.8 Å². The quantitative estimate of drug-likeness (QED) is 0.496. The van der Waals surface area contributed by atoms with E-state index in [1.165, 1.54) is 37.0 Å². The topological polar surface area (TPSA) is 80.3 Å². The third kappa shape index (κ3) is 7.05. The monoisotopic (exact) mass is 483 g/mol. The fraction of sp³-hybridized carbons (Fsp3) is 0.593. The Morgan fingerprint density at radius 1 is 0.971 bits per heavy atom. The number of ether oxygens (including phenoxy) is 1. The Balaban J connectivity index is 1.27. The minimum atomic E-state index is -0.175. The first-order chi connectivity index (χ1) is 16.5. The van der Waals surface area contributed by atoms with Gasteiger partial charge in [-0.3, -0.25) is 9.59 Å². The summed E-state index contributed by atoms with van der Waals surface area (Å²) in [6, 6.07) is 6.06. The summed E-state index contributed by atoms with van der Waals surface area (Å²) in [5, 5.41) is 8.90. The van der Waals surface area contributed by atoms with E-state index in [2.05, 4.69) is 21.7 Å². The number of carbonyl (C=O) groups excluding carboxylic acids is 2. The van der Waals surface area contributed by atoms with Gasteiger partial charge in [-0.25, -0.2) is 4.98 Å². The van der Waals surface area contributed by atoms with Gasteiger partial charge in [-0.2, -0.15) is 0 Å². The zero-order valence-electron chi connectivity index (χ0n) is 20.4. The Bertz CT molecular complexity index is 963. The fourth-order valence-electron chi connectivity index (χ4n) is 5.27. The zero-order valence-corrected chi connectivity index (χ0v) is 21.2. The molecule has 1 heterocycles. The second kappa shape index (κ2) is 11.8. The highest BCUT2D eigenvalue weighted by Crippen LogP contribution is 2.28. The maximum Gasteiger partial charge on any atom is 0.271 e. The van der Waals surface area contributed by atoms with Crippen molar-refractivity contribution >= 4 is 23.2 Å². The van der Waals surface area contributed by atoms with Gasteiger partial charge in [0.1, 0.15) is 23.1 Å². The summed E-state index contributed by atoms with van der Waals surface area (Å²) in [6.45, 7) is 4.43. The van der Waals surface area contributed by atoms with Crippen LogP contribution in [0.1, 0.15) is 90.8 Å². The van der Waals surface area contributed by atoms with Gasteiger partial charge in [0, 0.05) is 23.9 Å². The van der Waals surface area contributed by atoms with Crippen molar-refractivity contribution in [3.63, 3.8) is 0 Å². The lowest BCUT2D eigenvalue weighted by molar-refractivity contribution is -0.122.